The summed E-state index contributed by atoms with van der Waals surface area (Å²) in [6.07, 6.45) is 1.56. The summed E-state index contributed by atoms with van der Waals surface area (Å²) >= 11 is 0. The molecule has 0 unspecified atom stereocenters. The first kappa shape index (κ1) is 18.7. The topological polar surface area (TPSA) is 81.6 Å². The van der Waals surface area contributed by atoms with E-state index in [1.807, 2.05) is 31.2 Å². The van der Waals surface area contributed by atoms with Crippen LogP contribution in [-0.4, -0.2) is 35.1 Å². The molecule has 0 N–H and O–H groups in total. The molecule has 0 aliphatic rings. The summed E-state index contributed by atoms with van der Waals surface area (Å²) in [5.74, 6) is 1.11. The Hall–Kier alpha value is -3.61. The van der Waals surface area contributed by atoms with E-state index in [0.29, 0.717) is 33.8 Å². The van der Waals surface area contributed by atoms with Gasteiger partial charge in [-0.1, -0.05) is 23.4 Å². The van der Waals surface area contributed by atoms with Gasteiger partial charge in [-0.25, -0.2) is 4.98 Å². The number of furan rings is 1. The van der Waals surface area contributed by atoms with Crippen LogP contribution in [0.3, 0.4) is 0 Å². The van der Waals surface area contributed by atoms with Gasteiger partial charge in [-0.3, -0.25) is 4.79 Å². The Morgan fingerprint density at radius 3 is 2.72 bits per heavy atom. The fourth-order valence-electron chi connectivity index (χ4n) is 3.40. The van der Waals surface area contributed by atoms with Crippen molar-refractivity contribution in [2.45, 2.75) is 19.9 Å². The Morgan fingerprint density at radius 1 is 1.21 bits per heavy atom. The Balaban J connectivity index is 1.79. The number of benzene rings is 1. The van der Waals surface area contributed by atoms with E-state index in [1.54, 1.807) is 50.4 Å². The first-order valence-electron chi connectivity index (χ1n) is 9.22. The van der Waals surface area contributed by atoms with Crippen molar-refractivity contribution in [3.05, 3.63) is 65.5 Å². The van der Waals surface area contributed by atoms with E-state index >= 15 is 0 Å². The monoisotopic (exact) mass is 391 g/mol. The van der Waals surface area contributed by atoms with Gasteiger partial charge in [0, 0.05) is 12.6 Å². The Labute approximate surface area is 167 Å². The van der Waals surface area contributed by atoms with E-state index in [-0.39, 0.29) is 11.9 Å². The van der Waals surface area contributed by atoms with Gasteiger partial charge in [-0.05, 0) is 38.1 Å². The fraction of sp³-hybridized carbons (Fsp3) is 0.227. The average molecular weight is 391 g/mol. The molecule has 0 bridgehead atoms. The maximum atomic E-state index is 13.5. The molecule has 4 rings (SSSR count). The number of hydrogen-bond donors (Lipinski definition) is 0. The van der Waals surface area contributed by atoms with Crippen LogP contribution in [-0.2, 0) is 0 Å². The molecule has 0 radical (unpaired) electrons. The van der Waals surface area contributed by atoms with Crippen molar-refractivity contribution >= 4 is 17.0 Å². The predicted molar refractivity (Wildman–Crippen MR) is 108 cm³/mol. The molecule has 4 aromatic rings. The molecule has 7 nitrogen and oxygen atoms in total. The van der Waals surface area contributed by atoms with Crippen LogP contribution in [0.1, 0.15) is 34.6 Å². The quantitative estimate of drug-likeness (QED) is 0.493. The second-order valence-electron chi connectivity index (χ2n) is 6.81. The molecule has 0 saturated heterocycles. The van der Waals surface area contributed by atoms with Crippen LogP contribution >= 0.6 is 0 Å². The van der Waals surface area contributed by atoms with Gasteiger partial charge < -0.3 is 18.6 Å². The van der Waals surface area contributed by atoms with Crippen molar-refractivity contribution in [3.63, 3.8) is 0 Å². The molecular weight excluding hydrogens is 370 g/mol. The number of fused-ring (bicyclic) bond motifs is 1. The summed E-state index contributed by atoms with van der Waals surface area (Å²) < 4.78 is 16.3. The first-order valence-corrected chi connectivity index (χ1v) is 9.22. The summed E-state index contributed by atoms with van der Waals surface area (Å²) in [6, 6.07) is 12.7. The molecular formula is C22H21N3O4. The molecule has 7 heteroatoms. The van der Waals surface area contributed by atoms with Gasteiger partial charge in [-0.15, -0.1) is 0 Å². The lowest BCUT2D eigenvalue weighted by molar-refractivity contribution is 0.0743. The average Bonchev–Trinajstić information content (AvgIpc) is 3.42. The minimum absolute atomic E-state index is 0.171. The van der Waals surface area contributed by atoms with Crippen molar-refractivity contribution in [1.29, 1.82) is 0 Å². The highest BCUT2D eigenvalue weighted by Crippen LogP contribution is 2.32. The minimum Gasteiger partial charge on any atom is -0.496 e. The van der Waals surface area contributed by atoms with Gasteiger partial charge in [0.15, 0.2) is 5.76 Å². The number of para-hydroxylation sites is 1. The van der Waals surface area contributed by atoms with E-state index in [0.717, 1.165) is 11.3 Å². The van der Waals surface area contributed by atoms with Gasteiger partial charge in [-0.2, -0.15) is 0 Å². The van der Waals surface area contributed by atoms with Crippen LogP contribution in [0.4, 0.5) is 0 Å². The summed E-state index contributed by atoms with van der Waals surface area (Å²) in [5, 5.41) is 4.59. The number of ether oxygens (including phenoxy) is 1. The standard InChI is InChI=1S/C22H21N3O4/c1-13-20-16(12-17(19-10-7-11-28-19)23-21(20)29-24-13)22(26)25(3)14(2)15-8-5-6-9-18(15)27-4/h5-12,14H,1-4H3/t14-/m1/s1. The Kier molecular flexibility index (Phi) is 4.80. The zero-order valence-corrected chi connectivity index (χ0v) is 16.7. The number of hydrogen-bond acceptors (Lipinski definition) is 6. The lowest BCUT2D eigenvalue weighted by Crippen LogP contribution is -2.30. The van der Waals surface area contributed by atoms with Crippen LogP contribution in [0.15, 0.2) is 57.7 Å². The summed E-state index contributed by atoms with van der Waals surface area (Å²) in [6.45, 7) is 3.75. The van der Waals surface area contributed by atoms with Crippen LogP contribution in [0.5, 0.6) is 5.75 Å². The zero-order valence-electron chi connectivity index (χ0n) is 16.7. The molecule has 1 atom stereocenters. The van der Waals surface area contributed by atoms with Crippen molar-refractivity contribution in [2.24, 2.45) is 0 Å². The van der Waals surface area contributed by atoms with E-state index < -0.39 is 0 Å². The van der Waals surface area contributed by atoms with Crippen LogP contribution < -0.4 is 4.74 Å². The SMILES string of the molecule is COc1ccccc1[C@@H](C)N(C)C(=O)c1cc(-c2ccco2)nc2onc(C)c12. The predicted octanol–water partition coefficient (Wildman–Crippen LogP) is 4.63. The van der Waals surface area contributed by atoms with Gasteiger partial charge in [0.05, 0.1) is 36.1 Å². The summed E-state index contributed by atoms with van der Waals surface area (Å²) in [7, 11) is 3.39. The fourth-order valence-corrected chi connectivity index (χ4v) is 3.40. The smallest absolute Gasteiger partial charge is 0.259 e. The second-order valence-corrected chi connectivity index (χ2v) is 6.81. The van der Waals surface area contributed by atoms with Crippen LogP contribution in [0.2, 0.25) is 0 Å². The first-order chi connectivity index (χ1) is 14.0. The molecule has 29 heavy (non-hydrogen) atoms. The number of nitrogens with zero attached hydrogens (tertiary/aromatic N) is 3. The third-order valence-electron chi connectivity index (χ3n) is 5.11. The van der Waals surface area contributed by atoms with E-state index in [9.17, 15) is 4.79 Å². The molecule has 3 aromatic heterocycles. The van der Waals surface area contributed by atoms with Gasteiger partial charge >= 0.3 is 0 Å². The summed E-state index contributed by atoms with van der Waals surface area (Å²) in [5.41, 5.74) is 2.81. The van der Waals surface area contributed by atoms with Crippen molar-refractivity contribution < 1.29 is 18.5 Å². The highest BCUT2D eigenvalue weighted by atomic mass is 16.5. The number of pyridine rings is 1. The summed E-state index contributed by atoms with van der Waals surface area (Å²) in [4.78, 5) is 19.6. The molecule has 0 fully saturated rings. The number of amides is 1. The van der Waals surface area contributed by atoms with E-state index in [2.05, 4.69) is 10.1 Å². The molecule has 148 valence electrons. The number of carbonyl (C=O) groups is 1. The number of aryl methyl sites for hydroxylation is 1. The highest BCUT2D eigenvalue weighted by molar-refractivity contribution is 6.06. The van der Waals surface area contributed by atoms with Crippen molar-refractivity contribution in [1.82, 2.24) is 15.0 Å². The number of aromatic nitrogens is 2. The minimum atomic E-state index is -0.214. The molecule has 0 spiro atoms. The second kappa shape index (κ2) is 7.43. The molecule has 0 saturated carbocycles. The molecule has 0 aliphatic carbocycles. The maximum absolute atomic E-state index is 13.5. The lowest BCUT2D eigenvalue weighted by Gasteiger charge is -2.27. The van der Waals surface area contributed by atoms with Gasteiger partial charge in [0.25, 0.3) is 11.6 Å². The normalized spacial score (nSPS) is 12.1. The van der Waals surface area contributed by atoms with Crippen LogP contribution in [0.25, 0.3) is 22.6 Å². The molecule has 1 aromatic carbocycles. The van der Waals surface area contributed by atoms with E-state index in [4.69, 9.17) is 13.7 Å². The third kappa shape index (κ3) is 3.24. The largest absolute Gasteiger partial charge is 0.496 e. The van der Waals surface area contributed by atoms with Crippen molar-refractivity contribution in [2.75, 3.05) is 14.2 Å². The molecule has 0 aliphatic heterocycles. The number of carbonyl (C=O) groups excluding carboxylic acids is 1. The Bertz CT molecular complexity index is 1160. The molecule has 1 amide bonds. The highest BCUT2D eigenvalue weighted by Gasteiger charge is 2.26. The number of rotatable bonds is 5. The molecule has 3 heterocycles. The van der Waals surface area contributed by atoms with Crippen molar-refractivity contribution in [3.8, 4) is 17.2 Å². The number of methoxy groups -OCH3 is 1. The van der Waals surface area contributed by atoms with Gasteiger partial charge in [0.1, 0.15) is 11.4 Å². The van der Waals surface area contributed by atoms with Crippen LogP contribution in [0, 0.1) is 6.92 Å². The Morgan fingerprint density at radius 2 is 2.00 bits per heavy atom. The zero-order chi connectivity index (χ0) is 20.5. The maximum Gasteiger partial charge on any atom is 0.259 e. The van der Waals surface area contributed by atoms with E-state index in [1.165, 1.54) is 0 Å². The van der Waals surface area contributed by atoms with Gasteiger partial charge in [0.2, 0.25) is 0 Å². The third-order valence-corrected chi connectivity index (χ3v) is 5.11. The lowest BCUT2D eigenvalue weighted by atomic mass is 10.0.